The standard InChI is InChI=1S/C6H11N2O/c1-8-4-2-6(9)7-3-5-8/h2-5H2,1H3. The highest BCUT2D eigenvalue weighted by molar-refractivity contribution is 5.75. The summed E-state index contributed by atoms with van der Waals surface area (Å²) >= 11 is 0. The lowest BCUT2D eigenvalue weighted by molar-refractivity contribution is -0.120. The molecule has 1 aliphatic heterocycles. The number of rotatable bonds is 0. The smallest absolute Gasteiger partial charge is 0.242 e. The van der Waals surface area contributed by atoms with Gasteiger partial charge in [-0.05, 0) is 7.05 Å². The molecule has 0 spiro atoms. The van der Waals surface area contributed by atoms with Gasteiger partial charge in [-0.2, -0.15) is 0 Å². The highest BCUT2D eigenvalue weighted by atomic mass is 16.1. The average Bonchev–Trinajstić information content (AvgIpc) is 1.97. The van der Waals surface area contributed by atoms with E-state index in [1.165, 1.54) is 0 Å². The lowest BCUT2D eigenvalue weighted by Gasteiger charge is -2.08. The number of hydrogen-bond acceptors (Lipinski definition) is 2. The molecule has 0 atom stereocenters. The van der Waals surface area contributed by atoms with Crippen LogP contribution in [0.25, 0.3) is 0 Å². The molecule has 0 aromatic heterocycles. The number of hydrogen-bond donors (Lipinski definition) is 0. The van der Waals surface area contributed by atoms with Crippen LogP contribution in [-0.4, -0.2) is 37.5 Å². The second-order valence-electron chi connectivity index (χ2n) is 2.33. The van der Waals surface area contributed by atoms with E-state index in [9.17, 15) is 4.79 Å². The Balaban J connectivity index is 2.34. The molecule has 9 heavy (non-hydrogen) atoms. The van der Waals surface area contributed by atoms with Gasteiger partial charge in [0.15, 0.2) is 0 Å². The topological polar surface area (TPSA) is 34.4 Å². The van der Waals surface area contributed by atoms with Crippen LogP contribution in [0.3, 0.4) is 0 Å². The molecule has 0 aromatic rings. The molecule has 0 aromatic carbocycles. The molecule has 0 aliphatic carbocycles. The fourth-order valence-electron chi connectivity index (χ4n) is 0.823. The Hall–Kier alpha value is -0.570. The van der Waals surface area contributed by atoms with Crippen molar-refractivity contribution in [1.29, 1.82) is 0 Å². The van der Waals surface area contributed by atoms with Crippen LogP contribution in [0, 0.1) is 0 Å². The third-order valence-corrected chi connectivity index (χ3v) is 1.48. The molecular weight excluding hydrogens is 116 g/mol. The van der Waals surface area contributed by atoms with E-state index in [-0.39, 0.29) is 5.91 Å². The van der Waals surface area contributed by atoms with Gasteiger partial charge in [-0.15, -0.1) is 0 Å². The van der Waals surface area contributed by atoms with Gasteiger partial charge in [0.2, 0.25) is 5.91 Å². The van der Waals surface area contributed by atoms with E-state index in [0.717, 1.165) is 13.1 Å². The molecular formula is C6H11N2O. The Bertz CT molecular complexity index is 114. The highest BCUT2D eigenvalue weighted by Crippen LogP contribution is 1.92. The van der Waals surface area contributed by atoms with Crippen molar-refractivity contribution in [3.05, 3.63) is 0 Å². The van der Waals surface area contributed by atoms with Gasteiger partial charge in [-0.1, -0.05) is 0 Å². The SMILES string of the molecule is CN1CC[N]C(=O)CC1. The second-order valence-corrected chi connectivity index (χ2v) is 2.33. The predicted octanol–water partition coefficient (Wildman–Crippen LogP) is -0.547. The normalized spacial score (nSPS) is 23.0. The Morgan fingerprint density at radius 1 is 1.56 bits per heavy atom. The van der Waals surface area contributed by atoms with Gasteiger partial charge in [0, 0.05) is 19.5 Å². The van der Waals surface area contributed by atoms with Gasteiger partial charge in [-0.3, -0.25) is 10.1 Å². The minimum absolute atomic E-state index is 0.0550. The minimum atomic E-state index is 0.0550. The van der Waals surface area contributed by atoms with Gasteiger partial charge in [0.1, 0.15) is 0 Å². The fourth-order valence-corrected chi connectivity index (χ4v) is 0.823. The van der Waals surface area contributed by atoms with Crippen molar-refractivity contribution >= 4 is 5.91 Å². The van der Waals surface area contributed by atoms with Crippen molar-refractivity contribution in [2.45, 2.75) is 6.42 Å². The summed E-state index contributed by atoms with van der Waals surface area (Å²) < 4.78 is 0. The van der Waals surface area contributed by atoms with E-state index < -0.39 is 0 Å². The third-order valence-electron chi connectivity index (χ3n) is 1.48. The van der Waals surface area contributed by atoms with Crippen LogP contribution in [0.5, 0.6) is 0 Å². The average molecular weight is 127 g/mol. The molecule has 0 N–H and O–H groups in total. The first-order valence-electron chi connectivity index (χ1n) is 3.18. The van der Waals surface area contributed by atoms with Gasteiger partial charge < -0.3 is 4.90 Å². The summed E-state index contributed by atoms with van der Waals surface area (Å²) in [6, 6.07) is 0. The zero-order chi connectivity index (χ0) is 6.69. The number of nitrogens with zero attached hydrogens (tertiary/aromatic N) is 2. The van der Waals surface area contributed by atoms with Crippen molar-refractivity contribution in [3.8, 4) is 0 Å². The summed E-state index contributed by atoms with van der Waals surface area (Å²) in [5.74, 6) is 0.0550. The van der Waals surface area contributed by atoms with E-state index in [1.54, 1.807) is 0 Å². The first-order chi connectivity index (χ1) is 4.29. The van der Waals surface area contributed by atoms with E-state index in [4.69, 9.17) is 0 Å². The van der Waals surface area contributed by atoms with Crippen LogP contribution >= 0.6 is 0 Å². The quantitative estimate of drug-likeness (QED) is 0.437. The minimum Gasteiger partial charge on any atom is -0.304 e. The monoisotopic (exact) mass is 127 g/mol. The molecule has 1 radical (unpaired) electrons. The number of amides is 1. The molecule has 1 heterocycles. The molecule has 51 valence electrons. The van der Waals surface area contributed by atoms with E-state index in [1.807, 2.05) is 7.05 Å². The summed E-state index contributed by atoms with van der Waals surface area (Å²) in [5, 5.41) is 3.79. The van der Waals surface area contributed by atoms with Crippen molar-refractivity contribution in [2.75, 3.05) is 26.7 Å². The van der Waals surface area contributed by atoms with E-state index in [0.29, 0.717) is 13.0 Å². The molecule has 1 aliphatic rings. The molecule has 3 heteroatoms. The Kier molecular flexibility index (Phi) is 2.05. The molecule has 1 saturated heterocycles. The molecule has 0 saturated carbocycles. The summed E-state index contributed by atoms with van der Waals surface area (Å²) in [6.45, 7) is 2.46. The molecule has 1 amide bonds. The zero-order valence-electron chi connectivity index (χ0n) is 5.63. The first kappa shape index (κ1) is 6.55. The number of carbonyl (C=O) groups is 1. The van der Waals surface area contributed by atoms with Crippen LogP contribution in [0.15, 0.2) is 0 Å². The lowest BCUT2D eigenvalue weighted by Crippen LogP contribution is -2.21. The predicted molar refractivity (Wildman–Crippen MR) is 34.1 cm³/mol. The molecule has 0 unspecified atom stereocenters. The van der Waals surface area contributed by atoms with Crippen molar-refractivity contribution in [3.63, 3.8) is 0 Å². The van der Waals surface area contributed by atoms with E-state index >= 15 is 0 Å². The molecule has 1 fully saturated rings. The maximum atomic E-state index is 10.6. The largest absolute Gasteiger partial charge is 0.304 e. The van der Waals surface area contributed by atoms with Gasteiger partial charge >= 0.3 is 0 Å². The first-order valence-corrected chi connectivity index (χ1v) is 3.18. The summed E-state index contributed by atoms with van der Waals surface area (Å²) in [4.78, 5) is 12.8. The van der Waals surface area contributed by atoms with Crippen molar-refractivity contribution in [2.24, 2.45) is 0 Å². The van der Waals surface area contributed by atoms with Crippen LogP contribution in [-0.2, 0) is 4.79 Å². The Morgan fingerprint density at radius 2 is 2.33 bits per heavy atom. The lowest BCUT2D eigenvalue weighted by atomic mass is 10.4. The third kappa shape index (κ3) is 2.01. The Morgan fingerprint density at radius 3 is 3.11 bits per heavy atom. The van der Waals surface area contributed by atoms with Gasteiger partial charge in [0.25, 0.3) is 0 Å². The summed E-state index contributed by atoms with van der Waals surface area (Å²) in [5.41, 5.74) is 0. The van der Waals surface area contributed by atoms with Gasteiger partial charge in [-0.25, -0.2) is 0 Å². The maximum absolute atomic E-state index is 10.6. The Labute approximate surface area is 55.0 Å². The highest BCUT2D eigenvalue weighted by Gasteiger charge is 2.09. The van der Waals surface area contributed by atoms with Crippen molar-refractivity contribution in [1.82, 2.24) is 10.2 Å². The van der Waals surface area contributed by atoms with Crippen LogP contribution < -0.4 is 5.32 Å². The maximum Gasteiger partial charge on any atom is 0.242 e. The number of likely N-dealkylation sites (N-methyl/N-ethyl adjacent to an activating group) is 1. The summed E-state index contributed by atoms with van der Waals surface area (Å²) in [6.07, 6.45) is 0.594. The second kappa shape index (κ2) is 2.82. The molecule has 0 bridgehead atoms. The van der Waals surface area contributed by atoms with Gasteiger partial charge in [0.05, 0.1) is 6.54 Å². The molecule has 1 rings (SSSR count). The summed E-state index contributed by atoms with van der Waals surface area (Å²) in [7, 11) is 2.01. The van der Waals surface area contributed by atoms with E-state index in [2.05, 4.69) is 10.2 Å². The number of carbonyl (C=O) groups excluding carboxylic acids is 1. The fraction of sp³-hybridized carbons (Fsp3) is 0.833. The molecule has 3 nitrogen and oxygen atoms in total. The van der Waals surface area contributed by atoms with Crippen molar-refractivity contribution < 1.29 is 4.79 Å². The zero-order valence-corrected chi connectivity index (χ0v) is 5.63. The van der Waals surface area contributed by atoms with Crippen LogP contribution in [0.4, 0.5) is 0 Å². The van der Waals surface area contributed by atoms with Crippen LogP contribution in [0.2, 0.25) is 0 Å². The van der Waals surface area contributed by atoms with Crippen LogP contribution in [0.1, 0.15) is 6.42 Å².